The summed E-state index contributed by atoms with van der Waals surface area (Å²) < 4.78 is 15.6. The maximum Gasteiger partial charge on any atom is 0.141 e. The van der Waals surface area contributed by atoms with Gasteiger partial charge in [-0.2, -0.15) is 0 Å². The van der Waals surface area contributed by atoms with Gasteiger partial charge >= 0.3 is 0 Å². The number of imidazole rings is 1. The van der Waals surface area contributed by atoms with Crippen molar-refractivity contribution in [2.24, 2.45) is 0 Å². The Hall–Kier alpha value is -1.20. The van der Waals surface area contributed by atoms with Gasteiger partial charge in [-0.05, 0) is 53.0 Å². The number of benzene rings is 1. The predicted octanol–water partition coefficient (Wildman–Crippen LogP) is 3.28. The van der Waals surface area contributed by atoms with Crippen molar-refractivity contribution in [1.29, 1.82) is 0 Å². The van der Waals surface area contributed by atoms with Crippen LogP contribution in [0.5, 0.6) is 0 Å². The SMILES string of the molecule is OC1CCCn2c(-c3ccc(F)cc3)nc(Br)c21. The fourth-order valence-corrected chi connectivity index (χ4v) is 3.02. The van der Waals surface area contributed by atoms with E-state index in [0.29, 0.717) is 4.60 Å². The molecule has 18 heavy (non-hydrogen) atoms. The second-order valence-corrected chi connectivity index (χ2v) is 5.18. The Morgan fingerprint density at radius 3 is 2.78 bits per heavy atom. The molecule has 3 nitrogen and oxygen atoms in total. The first-order chi connectivity index (χ1) is 8.66. The predicted molar refractivity (Wildman–Crippen MR) is 69.5 cm³/mol. The number of hydrogen-bond donors (Lipinski definition) is 1. The topological polar surface area (TPSA) is 38.0 Å². The minimum absolute atomic E-state index is 0.261. The van der Waals surface area contributed by atoms with Gasteiger partial charge < -0.3 is 9.67 Å². The molecule has 2 aromatic rings. The lowest BCUT2D eigenvalue weighted by Gasteiger charge is -2.21. The summed E-state index contributed by atoms with van der Waals surface area (Å²) in [5.74, 6) is 0.513. The highest BCUT2D eigenvalue weighted by Crippen LogP contribution is 2.35. The van der Waals surface area contributed by atoms with Crippen LogP contribution in [0.4, 0.5) is 4.39 Å². The zero-order chi connectivity index (χ0) is 12.7. The molecular weight excluding hydrogens is 299 g/mol. The van der Waals surface area contributed by atoms with Gasteiger partial charge in [-0.15, -0.1) is 0 Å². The van der Waals surface area contributed by atoms with Crippen molar-refractivity contribution in [2.45, 2.75) is 25.5 Å². The lowest BCUT2D eigenvalue weighted by molar-refractivity contribution is 0.138. The Balaban J connectivity index is 2.13. The molecule has 0 saturated heterocycles. The molecule has 3 rings (SSSR count). The molecule has 5 heteroatoms. The van der Waals surface area contributed by atoms with Crippen molar-refractivity contribution in [1.82, 2.24) is 9.55 Å². The average molecular weight is 311 g/mol. The van der Waals surface area contributed by atoms with Crippen LogP contribution in [0.1, 0.15) is 24.6 Å². The lowest BCUT2D eigenvalue weighted by atomic mass is 10.1. The number of aromatic nitrogens is 2. The normalized spacial score (nSPS) is 18.7. The van der Waals surface area contributed by atoms with Gasteiger partial charge in [0, 0.05) is 12.1 Å². The number of nitrogens with zero attached hydrogens (tertiary/aromatic N) is 2. The van der Waals surface area contributed by atoms with Crippen LogP contribution in [-0.2, 0) is 6.54 Å². The molecule has 0 fully saturated rings. The van der Waals surface area contributed by atoms with Gasteiger partial charge in [0.05, 0.1) is 11.8 Å². The van der Waals surface area contributed by atoms with E-state index in [1.54, 1.807) is 12.1 Å². The third-order valence-corrected chi connectivity index (χ3v) is 3.82. The molecule has 0 amide bonds. The molecule has 1 aliphatic heterocycles. The zero-order valence-corrected chi connectivity index (χ0v) is 11.2. The van der Waals surface area contributed by atoms with Gasteiger partial charge in [-0.3, -0.25) is 0 Å². The fraction of sp³-hybridized carbons (Fsp3) is 0.308. The summed E-state index contributed by atoms with van der Waals surface area (Å²) in [7, 11) is 0. The summed E-state index contributed by atoms with van der Waals surface area (Å²) in [5, 5.41) is 10.00. The Kier molecular flexibility index (Phi) is 2.95. The minimum Gasteiger partial charge on any atom is -0.387 e. The number of aliphatic hydroxyl groups is 1. The van der Waals surface area contributed by atoms with Crippen molar-refractivity contribution in [3.05, 3.63) is 40.4 Å². The van der Waals surface area contributed by atoms with Crippen LogP contribution < -0.4 is 0 Å². The maximum absolute atomic E-state index is 12.9. The summed E-state index contributed by atoms with van der Waals surface area (Å²) in [6, 6.07) is 6.25. The van der Waals surface area contributed by atoms with E-state index < -0.39 is 6.10 Å². The largest absolute Gasteiger partial charge is 0.387 e. The highest BCUT2D eigenvalue weighted by atomic mass is 79.9. The van der Waals surface area contributed by atoms with Crippen LogP contribution in [0.3, 0.4) is 0 Å². The van der Waals surface area contributed by atoms with E-state index in [0.717, 1.165) is 36.5 Å². The smallest absolute Gasteiger partial charge is 0.141 e. The molecule has 0 bridgehead atoms. The summed E-state index contributed by atoms with van der Waals surface area (Å²) >= 11 is 3.39. The molecule has 1 atom stereocenters. The van der Waals surface area contributed by atoms with Crippen molar-refractivity contribution < 1.29 is 9.50 Å². The fourth-order valence-electron chi connectivity index (χ4n) is 2.38. The van der Waals surface area contributed by atoms with E-state index in [4.69, 9.17) is 0 Å². The number of rotatable bonds is 1. The molecule has 94 valence electrons. The quantitative estimate of drug-likeness (QED) is 0.878. The van der Waals surface area contributed by atoms with Gasteiger partial charge in [0.2, 0.25) is 0 Å². The molecule has 1 aliphatic rings. The highest BCUT2D eigenvalue weighted by molar-refractivity contribution is 9.10. The number of aliphatic hydroxyl groups excluding tert-OH is 1. The Bertz CT molecular complexity index is 579. The number of fused-ring (bicyclic) bond motifs is 1. The molecule has 0 saturated carbocycles. The lowest BCUT2D eigenvalue weighted by Crippen LogP contribution is -2.15. The third kappa shape index (κ3) is 1.87. The Labute approximate surface area is 112 Å². The molecule has 1 N–H and O–H groups in total. The molecule has 2 heterocycles. The second kappa shape index (κ2) is 4.48. The first-order valence-corrected chi connectivity index (χ1v) is 6.66. The van der Waals surface area contributed by atoms with Gasteiger partial charge in [0.15, 0.2) is 0 Å². The van der Waals surface area contributed by atoms with Crippen LogP contribution in [0.15, 0.2) is 28.9 Å². The molecule has 1 aromatic heterocycles. The van der Waals surface area contributed by atoms with Gasteiger partial charge in [-0.1, -0.05) is 0 Å². The summed E-state index contributed by atoms with van der Waals surface area (Å²) in [4.78, 5) is 4.44. The number of hydrogen-bond acceptors (Lipinski definition) is 2. The van der Waals surface area contributed by atoms with Gasteiger partial charge in [0.1, 0.15) is 16.2 Å². The maximum atomic E-state index is 12.9. The average Bonchev–Trinajstić information content (AvgIpc) is 2.69. The first-order valence-electron chi connectivity index (χ1n) is 5.87. The van der Waals surface area contributed by atoms with E-state index in [9.17, 15) is 9.50 Å². The van der Waals surface area contributed by atoms with Crippen molar-refractivity contribution in [2.75, 3.05) is 0 Å². The monoisotopic (exact) mass is 310 g/mol. The Morgan fingerprint density at radius 2 is 2.06 bits per heavy atom. The molecule has 0 spiro atoms. The van der Waals surface area contributed by atoms with E-state index in [1.807, 2.05) is 4.57 Å². The summed E-state index contributed by atoms with van der Waals surface area (Å²) in [5.41, 5.74) is 1.68. The standard InChI is InChI=1S/C13H12BrFN2O/c14-12-11-10(18)2-1-7-17(11)13(16-12)8-3-5-9(15)6-4-8/h3-6,10,18H,1-2,7H2. The second-order valence-electron chi connectivity index (χ2n) is 4.43. The van der Waals surface area contributed by atoms with E-state index in [2.05, 4.69) is 20.9 Å². The molecule has 1 aromatic carbocycles. The van der Waals surface area contributed by atoms with Gasteiger partial charge in [0.25, 0.3) is 0 Å². The molecule has 0 aliphatic carbocycles. The first kappa shape index (κ1) is 11.9. The van der Waals surface area contributed by atoms with E-state index in [1.165, 1.54) is 12.1 Å². The molecule has 1 unspecified atom stereocenters. The summed E-state index contributed by atoms with van der Waals surface area (Å²) in [6.07, 6.45) is 1.20. The van der Waals surface area contributed by atoms with Crippen LogP contribution in [0.25, 0.3) is 11.4 Å². The zero-order valence-electron chi connectivity index (χ0n) is 9.61. The van der Waals surface area contributed by atoms with Crippen LogP contribution in [-0.4, -0.2) is 14.7 Å². The number of halogens is 2. The van der Waals surface area contributed by atoms with Crippen molar-refractivity contribution in [3.8, 4) is 11.4 Å². The van der Waals surface area contributed by atoms with Crippen LogP contribution >= 0.6 is 15.9 Å². The molecular formula is C13H12BrFN2O. The summed E-state index contributed by atoms with van der Waals surface area (Å²) in [6.45, 7) is 0.831. The van der Waals surface area contributed by atoms with Gasteiger partial charge in [-0.25, -0.2) is 9.37 Å². The van der Waals surface area contributed by atoms with Crippen LogP contribution in [0, 0.1) is 5.82 Å². The van der Waals surface area contributed by atoms with Crippen molar-refractivity contribution in [3.63, 3.8) is 0 Å². The van der Waals surface area contributed by atoms with E-state index in [-0.39, 0.29) is 5.82 Å². The highest BCUT2D eigenvalue weighted by Gasteiger charge is 2.25. The van der Waals surface area contributed by atoms with E-state index >= 15 is 0 Å². The van der Waals surface area contributed by atoms with Crippen LogP contribution in [0.2, 0.25) is 0 Å². The Morgan fingerprint density at radius 1 is 1.33 bits per heavy atom. The minimum atomic E-state index is -0.477. The molecule has 0 radical (unpaired) electrons. The van der Waals surface area contributed by atoms with Crippen molar-refractivity contribution >= 4 is 15.9 Å². The third-order valence-electron chi connectivity index (χ3n) is 3.24.